The molecule has 3 aliphatic carbocycles. The Bertz CT molecular complexity index is 425. The molecule has 0 saturated heterocycles. The number of hydrogen-bond acceptors (Lipinski definition) is 0. The molecule has 7 heteroatoms. The summed E-state index contributed by atoms with van der Waals surface area (Å²) in [4.78, 5) is 0. The van der Waals surface area contributed by atoms with Crippen molar-refractivity contribution < 1.29 is 30.7 Å². The highest BCUT2D eigenvalue weighted by atomic mass is 19.4. The topological polar surface area (TPSA) is 0 Å². The summed E-state index contributed by atoms with van der Waals surface area (Å²) in [5, 5.41) is 0. The maximum Gasteiger partial charge on any atom is 0.431 e. The van der Waals surface area contributed by atoms with Gasteiger partial charge in [0.05, 0.1) is 0 Å². The quantitative estimate of drug-likeness (QED) is 0.506. The van der Waals surface area contributed by atoms with Crippen molar-refractivity contribution in [3.05, 3.63) is 0 Å². The van der Waals surface area contributed by atoms with E-state index in [0.717, 1.165) is 25.7 Å². The molecular formula is C16H21F7. The van der Waals surface area contributed by atoms with E-state index in [2.05, 4.69) is 0 Å². The zero-order chi connectivity index (χ0) is 17.0. The van der Waals surface area contributed by atoms with Crippen LogP contribution in [0.1, 0.15) is 51.4 Å². The van der Waals surface area contributed by atoms with Gasteiger partial charge < -0.3 is 0 Å². The number of halogens is 7. The highest BCUT2D eigenvalue weighted by Gasteiger charge is 2.76. The average molecular weight is 346 g/mol. The third kappa shape index (κ3) is 2.66. The van der Waals surface area contributed by atoms with Gasteiger partial charge in [-0.05, 0) is 62.2 Å². The Kier molecular flexibility index (Phi) is 4.16. The van der Waals surface area contributed by atoms with E-state index < -0.39 is 23.9 Å². The minimum absolute atomic E-state index is 0.187. The van der Waals surface area contributed by atoms with E-state index in [1.165, 1.54) is 0 Å². The van der Waals surface area contributed by atoms with Crippen molar-refractivity contribution in [2.24, 2.45) is 29.6 Å². The normalized spacial score (nSPS) is 39.0. The van der Waals surface area contributed by atoms with Gasteiger partial charge in [-0.25, -0.2) is 4.39 Å². The van der Waals surface area contributed by atoms with Crippen molar-refractivity contribution in [2.75, 3.05) is 0 Å². The van der Waals surface area contributed by atoms with Crippen LogP contribution in [0.15, 0.2) is 0 Å². The lowest BCUT2D eigenvalue weighted by Crippen LogP contribution is -2.59. The number of fused-ring (bicyclic) bond motifs is 3. The second-order valence-electron chi connectivity index (χ2n) is 7.57. The van der Waals surface area contributed by atoms with Crippen LogP contribution >= 0.6 is 0 Å². The summed E-state index contributed by atoms with van der Waals surface area (Å²) in [5.41, 5.74) is -5.07. The molecule has 0 heterocycles. The van der Waals surface area contributed by atoms with Crippen molar-refractivity contribution in [1.29, 1.82) is 0 Å². The van der Waals surface area contributed by atoms with Crippen LogP contribution in [-0.4, -0.2) is 18.0 Å². The Hall–Kier alpha value is -0.490. The van der Waals surface area contributed by atoms with Crippen LogP contribution < -0.4 is 0 Å². The first-order valence-corrected chi connectivity index (χ1v) is 8.38. The Morgan fingerprint density at radius 3 is 1.74 bits per heavy atom. The zero-order valence-corrected chi connectivity index (χ0v) is 12.7. The average Bonchev–Trinajstić information content (AvgIpc) is 2.92. The minimum atomic E-state index is -5.91. The Balaban J connectivity index is 1.80. The van der Waals surface area contributed by atoms with Crippen molar-refractivity contribution in [3.8, 4) is 0 Å². The maximum atomic E-state index is 14.3. The smallest absolute Gasteiger partial charge is 0.223 e. The lowest BCUT2D eigenvalue weighted by molar-refractivity contribution is -0.362. The summed E-state index contributed by atoms with van der Waals surface area (Å²) >= 11 is 0. The summed E-state index contributed by atoms with van der Waals surface area (Å²) < 4.78 is 91.8. The molecule has 0 aromatic rings. The van der Waals surface area contributed by atoms with Crippen molar-refractivity contribution in [2.45, 2.75) is 69.4 Å². The van der Waals surface area contributed by atoms with E-state index >= 15 is 0 Å². The van der Waals surface area contributed by atoms with Gasteiger partial charge in [0.15, 0.2) is 0 Å². The van der Waals surface area contributed by atoms with Gasteiger partial charge in [0.25, 0.3) is 0 Å². The molecule has 0 N–H and O–H groups in total. The van der Waals surface area contributed by atoms with Gasteiger partial charge in [0.2, 0.25) is 0 Å². The largest absolute Gasteiger partial charge is 0.431 e. The van der Waals surface area contributed by atoms with E-state index in [9.17, 15) is 30.7 Å². The van der Waals surface area contributed by atoms with Crippen molar-refractivity contribution in [1.82, 2.24) is 0 Å². The lowest BCUT2D eigenvalue weighted by atomic mass is 9.58. The first-order valence-electron chi connectivity index (χ1n) is 8.38. The summed E-state index contributed by atoms with van der Waals surface area (Å²) in [6.45, 7) is 0. The molecule has 134 valence electrons. The van der Waals surface area contributed by atoms with E-state index in [1.807, 2.05) is 0 Å². The Morgan fingerprint density at radius 2 is 1.13 bits per heavy atom. The van der Waals surface area contributed by atoms with Crippen molar-refractivity contribution in [3.63, 3.8) is 0 Å². The molecule has 0 spiro atoms. The third-order valence-corrected chi connectivity index (χ3v) is 6.60. The van der Waals surface area contributed by atoms with Crippen LogP contribution in [0.2, 0.25) is 0 Å². The second-order valence-corrected chi connectivity index (χ2v) is 7.57. The zero-order valence-electron chi connectivity index (χ0n) is 12.7. The Labute approximate surface area is 130 Å². The first kappa shape index (κ1) is 17.3. The monoisotopic (exact) mass is 346 g/mol. The molecule has 0 nitrogen and oxygen atoms in total. The molecule has 5 atom stereocenters. The lowest BCUT2D eigenvalue weighted by Gasteiger charge is -2.48. The van der Waals surface area contributed by atoms with E-state index in [4.69, 9.17) is 0 Å². The molecule has 0 aromatic heterocycles. The van der Waals surface area contributed by atoms with Crippen LogP contribution in [0, 0.1) is 29.6 Å². The highest BCUT2D eigenvalue weighted by Crippen LogP contribution is 2.59. The Morgan fingerprint density at radius 1 is 0.565 bits per heavy atom. The molecular weight excluding hydrogens is 325 g/mol. The predicted molar refractivity (Wildman–Crippen MR) is 70.3 cm³/mol. The van der Waals surface area contributed by atoms with Crippen LogP contribution in [0.3, 0.4) is 0 Å². The summed E-state index contributed by atoms with van der Waals surface area (Å²) in [6.07, 6.45) is -7.37. The standard InChI is InChI=1S/C16H21F7/c17-14(15(18,19)20,16(21,22)23)11-6-7-13-10(8-11)5-4-9-2-1-3-12(9)13/h9-13H,1-8H2/t9-,10?,11?,12-,13?/m1/s1. The predicted octanol–water partition coefficient (Wildman–Crippen LogP) is 6.06. The van der Waals surface area contributed by atoms with Gasteiger partial charge >= 0.3 is 18.0 Å². The summed E-state index contributed by atoms with van der Waals surface area (Å²) in [7, 11) is 0. The summed E-state index contributed by atoms with van der Waals surface area (Å²) in [6, 6.07) is 0. The fourth-order valence-corrected chi connectivity index (χ4v) is 5.58. The maximum absolute atomic E-state index is 14.3. The molecule has 3 unspecified atom stereocenters. The SMILES string of the molecule is FC(F)(F)C(F)(C1CCC2C(CC[C@H]3CCC[C@@H]23)C1)C(F)(F)F. The first-order chi connectivity index (χ1) is 10.6. The number of hydrogen-bond donors (Lipinski definition) is 0. The third-order valence-electron chi connectivity index (χ3n) is 6.60. The van der Waals surface area contributed by atoms with E-state index in [-0.39, 0.29) is 24.7 Å². The van der Waals surface area contributed by atoms with Crippen LogP contribution in [-0.2, 0) is 0 Å². The highest BCUT2D eigenvalue weighted by molar-refractivity contribution is 5.04. The molecule has 3 saturated carbocycles. The van der Waals surface area contributed by atoms with Gasteiger partial charge in [0.1, 0.15) is 0 Å². The molecule has 3 rings (SSSR count). The van der Waals surface area contributed by atoms with E-state index in [0.29, 0.717) is 24.7 Å². The molecule has 0 aromatic carbocycles. The second kappa shape index (κ2) is 5.51. The van der Waals surface area contributed by atoms with Crippen molar-refractivity contribution >= 4 is 0 Å². The number of rotatable bonds is 1. The molecule has 3 aliphatic rings. The minimum Gasteiger partial charge on any atom is -0.223 e. The van der Waals surface area contributed by atoms with E-state index in [1.54, 1.807) is 0 Å². The van der Waals surface area contributed by atoms with Gasteiger partial charge in [0, 0.05) is 5.92 Å². The molecule has 0 radical (unpaired) electrons. The molecule has 3 fully saturated rings. The summed E-state index contributed by atoms with van der Waals surface area (Å²) in [5.74, 6) is -0.985. The molecule has 0 aliphatic heterocycles. The molecule has 0 amide bonds. The van der Waals surface area contributed by atoms with Gasteiger partial charge in [-0.2, -0.15) is 26.3 Å². The molecule has 0 bridgehead atoms. The fraction of sp³-hybridized carbons (Fsp3) is 1.00. The van der Waals surface area contributed by atoms with Crippen LogP contribution in [0.5, 0.6) is 0 Å². The molecule has 23 heavy (non-hydrogen) atoms. The van der Waals surface area contributed by atoms with Crippen LogP contribution in [0.4, 0.5) is 30.7 Å². The van der Waals surface area contributed by atoms with Gasteiger partial charge in [-0.15, -0.1) is 0 Å². The number of alkyl halides is 7. The van der Waals surface area contributed by atoms with Crippen LogP contribution in [0.25, 0.3) is 0 Å². The van der Waals surface area contributed by atoms with Gasteiger partial charge in [-0.1, -0.05) is 12.8 Å². The fourth-order valence-electron chi connectivity index (χ4n) is 5.58. The van der Waals surface area contributed by atoms with Gasteiger partial charge in [-0.3, -0.25) is 0 Å².